The molecule has 0 aromatic heterocycles. The van der Waals surface area contributed by atoms with Gasteiger partial charge in [-0.3, -0.25) is 0 Å². The first-order chi connectivity index (χ1) is 8.52. The molecule has 1 fully saturated rings. The van der Waals surface area contributed by atoms with E-state index in [1.807, 2.05) is 0 Å². The first-order valence-electron chi connectivity index (χ1n) is 5.65. The Hall–Kier alpha value is -1.61. The molecule has 0 radical (unpaired) electrons. The highest BCUT2D eigenvalue weighted by molar-refractivity contribution is 7.91. The van der Waals surface area contributed by atoms with Gasteiger partial charge >= 0.3 is 0 Å². The average Bonchev–Trinajstić information content (AvgIpc) is 2.66. The highest BCUT2D eigenvalue weighted by atomic mass is 32.2. The molecule has 1 aliphatic rings. The molecule has 1 aliphatic heterocycles. The predicted octanol–water partition coefficient (Wildman–Crippen LogP) is 1.54. The van der Waals surface area contributed by atoms with Gasteiger partial charge in [0.1, 0.15) is 17.4 Å². The maximum absolute atomic E-state index is 13.3. The SMILES string of the molecule is N#Cc1c(F)cccc1NCC1CCS(=O)(=O)C1. The fourth-order valence-corrected chi connectivity index (χ4v) is 3.93. The zero-order valence-corrected chi connectivity index (χ0v) is 10.5. The van der Waals surface area contributed by atoms with E-state index in [2.05, 4.69) is 5.32 Å². The van der Waals surface area contributed by atoms with Gasteiger partial charge in [-0.25, -0.2) is 12.8 Å². The molecular formula is C12H13FN2O2S. The lowest BCUT2D eigenvalue weighted by Gasteiger charge is -2.12. The van der Waals surface area contributed by atoms with Crippen molar-refractivity contribution in [2.75, 3.05) is 23.4 Å². The van der Waals surface area contributed by atoms with Crippen molar-refractivity contribution in [3.05, 3.63) is 29.6 Å². The van der Waals surface area contributed by atoms with Crippen molar-refractivity contribution in [3.8, 4) is 6.07 Å². The molecule has 0 aliphatic carbocycles. The zero-order valence-electron chi connectivity index (χ0n) is 9.69. The summed E-state index contributed by atoms with van der Waals surface area (Å²) < 4.78 is 35.9. The Bertz CT molecular complexity index is 593. The lowest BCUT2D eigenvalue weighted by atomic mass is 10.1. The summed E-state index contributed by atoms with van der Waals surface area (Å²) in [6, 6.07) is 6.16. The van der Waals surface area contributed by atoms with Gasteiger partial charge in [0.2, 0.25) is 0 Å². The number of hydrogen-bond acceptors (Lipinski definition) is 4. The molecular weight excluding hydrogens is 255 g/mol. The number of halogens is 1. The van der Waals surface area contributed by atoms with Crippen molar-refractivity contribution in [2.24, 2.45) is 5.92 Å². The van der Waals surface area contributed by atoms with Crippen LogP contribution in [-0.2, 0) is 9.84 Å². The zero-order chi connectivity index (χ0) is 13.2. The van der Waals surface area contributed by atoms with Crippen molar-refractivity contribution >= 4 is 15.5 Å². The van der Waals surface area contributed by atoms with Crippen LogP contribution < -0.4 is 5.32 Å². The highest BCUT2D eigenvalue weighted by Crippen LogP contribution is 2.22. The normalized spacial score (nSPS) is 21.4. The Morgan fingerprint density at radius 2 is 2.28 bits per heavy atom. The van der Waals surface area contributed by atoms with Gasteiger partial charge in [0.15, 0.2) is 9.84 Å². The molecule has 1 aromatic carbocycles. The third-order valence-electron chi connectivity index (χ3n) is 3.03. The van der Waals surface area contributed by atoms with Crippen LogP contribution in [0.15, 0.2) is 18.2 Å². The molecule has 1 N–H and O–H groups in total. The van der Waals surface area contributed by atoms with E-state index >= 15 is 0 Å². The van der Waals surface area contributed by atoms with E-state index in [4.69, 9.17) is 5.26 Å². The summed E-state index contributed by atoms with van der Waals surface area (Å²) in [6.07, 6.45) is 0.618. The molecule has 4 nitrogen and oxygen atoms in total. The van der Waals surface area contributed by atoms with Crippen LogP contribution in [-0.4, -0.2) is 26.5 Å². The van der Waals surface area contributed by atoms with Crippen molar-refractivity contribution in [1.82, 2.24) is 0 Å². The molecule has 0 amide bonds. The minimum Gasteiger partial charge on any atom is -0.384 e. The third kappa shape index (κ3) is 2.79. The smallest absolute Gasteiger partial charge is 0.150 e. The molecule has 1 unspecified atom stereocenters. The predicted molar refractivity (Wildman–Crippen MR) is 66.4 cm³/mol. The number of anilines is 1. The summed E-state index contributed by atoms with van der Waals surface area (Å²) in [5, 5.41) is 11.8. The molecule has 96 valence electrons. The summed E-state index contributed by atoms with van der Waals surface area (Å²) in [6.45, 7) is 0.442. The average molecular weight is 268 g/mol. The van der Waals surface area contributed by atoms with Crippen LogP contribution in [0.25, 0.3) is 0 Å². The molecule has 1 saturated heterocycles. The summed E-state index contributed by atoms with van der Waals surface area (Å²) >= 11 is 0. The second kappa shape index (κ2) is 4.94. The molecule has 0 saturated carbocycles. The van der Waals surface area contributed by atoms with Gasteiger partial charge in [0.25, 0.3) is 0 Å². The number of sulfone groups is 1. The Balaban J connectivity index is 2.04. The number of hydrogen-bond donors (Lipinski definition) is 1. The number of nitrogens with one attached hydrogen (secondary N) is 1. The van der Waals surface area contributed by atoms with E-state index in [-0.39, 0.29) is 23.0 Å². The molecule has 6 heteroatoms. The van der Waals surface area contributed by atoms with Crippen LogP contribution in [0.3, 0.4) is 0 Å². The first-order valence-corrected chi connectivity index (χ1v) is 7.47. The van der Waals surface area contributed by atoms with E-state index in [0.717, 1.165) is 0 Å². The van der Waals surface area contributed by atoms with Gasteiger partial charge in [0.05, 0.1) is 17.2 Å². The maximum atomic E-state index is 13.3. The first kappa shape index (κ1) is 12.8. The molecule has 2 rings (SSSR count). The monoisotopic (exact) mass is 268 g/mol. The lowest BCUT2D eigenvalue weighted by Crippen LogP contribution is -2.16. The number of rotatable bonds is 3. The molecule has 1 atom stereocenters. The molecule has 0 spiro atoms. The number of benzene rings is 1. The minimum atomic E-state index is -2.90. The van der Waals surface area contributed by atoms with Gasteiger partial charge in [-0.05, 0) is 24.5 Å². The quantitative estimate of drug-likeness (QED) is 0.902. The van der Waals surface area contributed by atoms with Gasteiger partial charge in [-0.2, -0.15) is 5.26 Å². The number of nitriles is 1. The van der Waals surface area contributed by atoms with Crippen LogP contribution in [0.5, 0.6) is 0 Å². The minimum absolute atomic E-state index is 0.0293. The Morgan fingerprint density at radius 1 is 1.50 bits per heavy atom. The third-order valence-corrected chi connectivity index (χ3v) is 4.87. The topological polar surface area (TPSA) is 70.0 Å². The van der Waals surface area contributed by atoms with Gasteiger partial charge in [-0.1, -0.05) is 6.07 Å². The largest absolute Gasteiger partial charge is 0.384 e. The highest BCUT2D eigenvalue weighted by Gasteiger charge is 2.27. The van der Waals surface area contributed by atoms with Gasteiger partial charge < -0.3 is 5.32 Å². The van der Waals surface area contributed by atoms with E-state index < -0.39 is 15.7 Å². The van der Waals surface area contributed by atoms with E-state index in [9.17, 15) is 12.8 Å². The van der Waals surface area contributed by atoms with Crippen molar-refractivity contribution in [2.45, 2.75) is 6.42 Å². The Kier molecular flexibility index (Phi) is 3.53. The standard InChI is InChI=1S/C12H13FN2O2S/c13-11-2-1-3-12(10(11)6-14)15-7-9-4-5-18(16,17)8-9/h1-3,9,15H,4-5,7-8H2. The number of nitrogens with zero attached hydrogens (tertiary/aromatic N) is 1. The Morgan fingerprint density at radius 3 is 2.89 bits per heavy atom. The second-order valence-electron chi connectivity index (χ2n) is 4.42. The second-order valence-corrected chi connectivity index (χ2v) is 6.65. The van der Waals surface area contributed by atoms with Crippen LogP contribution in [0.2, 0.25) is 0 Å². The molecule has 1 heterocycles. The van der Waals surface area contributed by atoms with E-state index in [0.29, 0.717) is 18.7 Å². The van der Waals surface area contributed by atoms with Crippen LogP contribution >= 0.6 is 0 Å². The summed E-state index contributed by atoms with van der Waals surface area (Å²) in [5.41, 5.74) is 0.389. The fourth-order valence-electron chi connectivity index (χ4n) is 2.07. The molecule has 0 bridgehead atoms. The van der Waals surface area contributed by atoms with Crippen molar-refractivity contribution in [1.29, 1.82) is 5.26 Å². The van der Waals surface area contributed by atoms with Gasteiger partial charge in [0, 0.05) is 6.54 Å². The fraction of sp³-hybridized carbons (Fsp3) is 0.417. The van der Waals surface area contributed by atoms with Gasteiger partial charge in [-0.15, -0.1) is 0 Å². The lowest BCUT2D eigenvalue weighted by molar-refractivity contribution is 0.595. The summed E-state index contributed by atoms with van der Waals surface area (Å²) in [4.78, 5) is 0. The summed E-state index contributed by atoms with van der Waals surface area (Å²) in [7, 11) is -2.90. The van der Waals surface area contributed by atoms with Crippen LogP contribution in [0, 0.1) is 23.1 Å². The molecule has 18 heavy (non-hydrogen) atoms. The van der Waals surface area contributed by atoms with Crippen molar-refractivity contribution in [3.63, 3.8) is 0 Å². The van der Waals surface area contributed by atoms with E-state index in [1.165, 1.54) is 12.1 Å². The summed E-state index contributed by atoms with van der Waals surface area (Å²) in [5.74, 6) is -0.156. The Labute approximate surface area is 105 Å². The molecule has 1 aromatic rings. The maximum Gasteiger partial charge on any atom is 0.150 e. The van der Waals surface area contributed by atoms with Crippen LogP contribution in [0.1, 0.15) is 12.0 Å². The van der Waals surface area contributed by atoms with Crippen molar-refractivity contribution < 1.29 is 12.8 Å². The van der Waals surface area contributed by atoms with Crippen LogP contribution in [0.4, 0.5) is 10.1 Å². The van der Waals surface area contributed by atoms with E-state index in [1.54, 1.807) is 12.1 Å².